The topological polar surface area (TPSA) is 40.5 Å². The lowest BCUT2D eigenvalue weighted by atomic mass is 9.93. The number of carboxylic acid groups (broad SMARTS) is 1. The fourth-order valence-electron chi connectivity index (χ4n) is 2.54. The third kappa shape index (κ3) is 4.04. The van der Waals surface area contributed by atoms with Gasteiger partial charge in [0.05, 0.1) is 5.92 Å². The number of carbonyl (C=O) groups is 1. The van der Waals surface area contributed by atoms with Gasteiger partial charge in [0.2, 0.25) is 0 Å². The number of hydrogen-bond acceptors (Lipinski definition) is 2. The van der Waals surface area contributed by atoms with E-state index in [4.69, 9.17) is 5.11 Å². The molecule has 0 bridgehead atoms. The number of benzene rings is 1. The van der Waals surface area contributed by atoms with Gasteiger partial charge in [0.15, 0.2) is 0 Å². The number of rotatable bonds is 3. The van der Waals surface area contributed by atoms with Gasteiger partial charge in [-0.3, -0.25) is 9.69 Å². The summed E-state index contributed by atoms with van der Waals surface area (Å²) in [4.78, 5) is 13.4. The molecule has 5 heteroatoms. The lowest BCUT2D eigenvalue weighted by Crippen LogP contribution is -2.43. The van der Waals surface area contributed by atoms with E-state index in [0.29, 0.717) is 12.6 Å². The monoisotopic (exact) mass is 389 g/mol. The molecule has 0 aliphatic carbocycles. The van der Waals surface area contributed by atoms with E-state index in [2.05, 4.69) is 55.8 Å². The van der Waals surface area contributed by atoms with Crippen molar-refractivity contribution < 1.29 is 9.90 Å². The van der Waals surface area contributed by atoms with Crippen molar-refractivity contribution in [1.29, 1.82) is 0 Å². The molecule has 1 aromatic rings. The molecule has 0 radical (unpaired) electrons. The van der Waals surface area contributed by atoms with Crippen LogP contribution < -0.4 is 0 Å². The molecule has 19 heavy (non-hydrogen) atoms. The third-order valence-electron chi connectivity index (χ3n) is 3.67. The first-order valence-corrected chi connectivity index (χ1v) is 7.96. The molecule has 1 N–H and O–H groups in total. The zero-order chi connectivity index (χ0) is 14.0. The van der Waals surface area contributed by atoms with E-state index < -0.39 is 5.97 Å². The maximum Gasteiger partial charge on any atom is 0.307 e. The van der Waals surface area contributed by atoms with Gasteiger partial charge in [-0.1, -0.05) is 31.9 Å². The van der Waals surface area contributed by atoms with Crippen molar-refractivity contribution in [2.75, 3.05) is 6.54 Å². The summed E-state index contributed by atoms with van der Waals surface area (Å²) in [6.45, 7) is 3.61. The minimum atomic E-state index is -0.674. The Bertz CT molecular complexity index is 458. The first-order chi connectivity index (χ1) is 8.95. The molecular weight excluding hydrogens is 374 g/mol. The summed E-state index contributed by atoms with van der Waals surface area (Å²) in [5.41, 5.74) is 1.19. The van der Waals surface area contributed by atoms with E-state index in [1.807, 2.05) is 6.07 Å². The van der Waals surface area contributed by atoms with E-state index >= 15 is 0 Å². The summed E-state index contributed by atoms with van der Waals surface area (Å²) < 4.78 is 2.08. The Labute approximate surface area is 130 Å². The number of halogens is 2. The summed E-state index contributed by atoms with van der Waals surface area (Å²) >= 11 is 6.97. The minimum Gasteiger partial charge on any atom is -0.481 e. The predicted molar refractivity (Wildman–Crippen MR) is 82.1 cm³/mol. The van der Waals surface area contributed by atoms with Gasteiger partial charge >= 0.3 is 5.97 Å². The second-order valence-corrected chi connectivity index (χ2v) is 7.00. The molecule has 1 aliphatic heterocycles. The average Bonchev–Trinajstić information content (AvgIpc) is 2.30. The smallest absolute Gasteiger partial charge is 0.307 e. The largest absolute Gasteiger partial charge is 0.481 e. The minimum absolute atomic E-state index is 0.230. The van der Waals surface area contributed by atoms with Crippen molar-refractivity contribution in [2.45, 2.75) is 32.4 Å². The lowest BCUT2D eigenvalue weighted by molar-refractivity contribution is -0.144. The van der Waals surface area contributed by atoms with Crippen molar-refractivity contribution in [3.63, 3.8) is 0 Å². The highest BCUT2D eigenvalue weighted by Crippen LogP contribution is 2.26. The summed E-state index contributed by atoms with van der Waals surface area (Å²) in [6.07, 6.45) is 1.74. The van der Waals surface area contributed by atoms with Crippen LogP contribution in [0.2, 0.25) is 0 Å². The van der Waals surface area contributed by atoms with E-state index in [9.17, 15) is 4.79 Å². The van der Waals surface area contributed by atoms with Gasteiger partial charge in [0.25, 0.3) is 0 Å². The van der Waals surface area contributed by atoms with Crippen LogP contribution in [0.5, 0.6) is 0 Å². The van der Waals surface area contributed by atoms with Crippen LogP contribution in [0.1, 0.15) is 25.3 Å². The van der Waals surface area contributed by atoms with Crippen molar-refractivity contribution >= 4 is 37.8 Å². The summed E-state index contributed by atoms with van der Waals surface area (Å²) in [6, 6.07) is 6.61. The van der Waals surface area contributed by atoms with Gasteiger partial charge in [0.1, 0.15) is 0 Å². The van der Waals surface area contributed by atoms with Crippen LogP contribution in [-0.4, -0.2) is 28.6 Å². The Hall–Kier alpha value is -0.390. The molecular formula is C14H17Br2NO2. The molecule has 3 nitrogen and oxygen atoms in total. The lowest BCUT2D eigenvalue weighted by Gasteiger charge is -2.36. The maximum atomic E-state index is 11.1. The highest BCUT2D eigenvalue weighted by Gasteiger charge is 2.29. The Kier molecular flexibility index (Phi) is 5.03. The summed E-state index contributed by atoms with van der Waals surface area (Å²) in [5.74, 6) is -0.904. The van der Waals surface area contributed by atoms with E-state index in [1.165, 1.54) is 5.56 Å². The first kappa shape index (κ1) is 15.0. The van der Waals surface area contributed by atoms with Crippen molar-refractivity contribution in [3.05, 3.63) is 32.7 Å². The number of piperidine rings is 1. The number of likely N-dealkylation sites (tertiary alicyclic amines) is 1. The normalized spacial score (nSPS) is 24.4. The van der Waals surface area contributed by atoms with Crippen LogP contribution in [0.3, 0.4) is 0 Å². The number of nitrogens with zero attached hydrogens (tertiary/aromatic N) is 1. The standard InChI is InChI=1S/C14H17Br2NO2/c1-9-2-3-11(14(18)19)8-17(9)7-10-4-12(15)6-13(16)5-10/h4-6,9,11H,2-3,7-8H2,1H3,(H,18,19). The number of carboxylic acids is 1. The molecule has 1 saturated heterocycles. The second-order valence-electron chi connectivity index (χ2n) is 5.17. The van der Waals surface area contributed by atoms with Crippen LogP contribution >= 0.6 is 31.9 Å². The van der Waals surface area contributed by atoms with Gasteiger partial charge in [0, 0.05) is 28.1 Å². The molecule has 1 heterocycles. The van der Waals surface area contributed by atoms with Crippen LogP contribution in [0.25, 0.3) is 0 Å². The zero-order valence-corrected chi connectivity index (χ0v) is 13.9. The molecule has 1 aliphatic rings. The molecule has 2 atom stereocenters. The van der Waals surface area contributed by atoms with Crippen molar-refractivity contribution in [3.8, 4) is 0 Å². The van der Waals surface area contributed by atoms with Gasteiger partial charge < -0.3 is 5.11 Å². The average molecular weight is 391 g/mol. The van der Waals surface area contributed by atoms with Gasteiger partial charge in [-0.15, -0.1) is 0 Å². The number of hydrogen-bond donors (Lipinski definition) is 1. The van der Waals surface area contributed by atoms with E-state index in [0.717, 1.165) is 28.3 Å². The molecule has 104 valence electrons. The van der Waals surface area contributed by atoms with Crippen LogP contribution in [0, 0.1) is 5.92 Å². The summed E-state index contributed by atoms with van der Waals surface area (Å²) in [7, 11) is 0. The fraction of sp³-hybridized carbons (Fsp3) is 0.500. The van der Waals surface area contributed by atoms with E-state index in [1.54, 1.807) is 0 Å². The highest BCUT2D eigenvalue weighted by atomic mass is 79.9. The van der Waals surface area contributed by atoms with Crippen LogP contribution in [0.15, 0.2) is 27.1 Å². The van der Waals surface area contributed by atoms with Crippen molar-refractivity contribution in [2.24, 2.45) is 5.92 Å². The molecule has 0 spiro atoms. The Balaban J connectivity index is 2.09. The SMILES string of the molecule is CC1CCC(C(=O)O)CN1Cc1cc(Br)cc(Br)c1. The fourth-order valence-corrected chi connectivity index (χ4v) is 3.93. The van der Waals surface area contributed by atoms with Gasteiger partial charge in [-0.05, 0) is 43.5 Å². The second kappa shape index (κ2) is 6.37. The van der Waals surface area contributed by atoms with Gasteiger partial charge in [-0.2, -0.15) is 0 Å². The molecule has 2 rings (SSSR count). The summed E-state index contributed by atoms with van der Waals surface area (Å²) in [5, 5.41) is 9.15. The highest BCUT2D eigenvalue weighted by molar-refractivity contribution is 9.11. The van der Waals surface area contributed by atoms with Crippen LogP contribution in [0.4, 0.5) is 0 Å². The molecule has 0 saturated carbocycles. The molecule has 0 aromatic heterocycles. The Morgan fingerprint density at radius 1 is 1.32 bits per heavy atom. The van der Waals surface area contributed by atoms with Crippen LogP contribution in [-0.2, 0) is 11.3 Å². The molecule has 1 fully saturated rings. The Morgan fingerprint density at radius 2 is 1.95 bits per heavy atom. The maximum absolute atomic E-state index is 11.1. The molecule has 2 unspecified atom stereocenters. The Morgan fingerprint density at radius 3 is 2.53 bits per heavy atom. The first-order valence-electron chi connectivity index (χ1n) is 6.37. The quantitative estimate of drug-likeness (QED) is 0.850. The molecule has 1 aromatic carbocycles. The predicted octanol–water partition coefficient (Wildman–Crippen LogP) is 3.90. The van der Waals surface area contributed by atoms with Gasteiger partial charge in [-0.25, -0.2) is 0 Å². The molecule has 0 amide bonds. The third-order valence-corrected chi connectivity index (χ3v) is 4.58. The van der Waals surface area contributed by atoms with Crippen molar-refractivity contribution in [1.82, 2.24) is 4.90 Å². The number of aliphatic carboxylic acids is 1. The zero-order valence-electron chi connectivity index (χ0n) is 10.8. The van der Waals surface area contributed by atoms with E-state index in [-0.39, 0.29) is 5.92 Å².